The van der Waals surface area contributed by atoms with Crippen molar-refractivity contribution < 1.29 is 9.72 Å². The van der Waals surface area contributed by atoms with E-state index in [0.717, 1.165) is 48.1 Å². The molecule has 4 aromatic rings. The van der Waals surface area contributed by atoms with E-state index in [2.05, 4.69) is 5.32 Å². The first-order valence-corrected chi connectivity index (χ1v) is 12.7. The first kappa shape index (κ1) is 25.1. The summed E-state index contributed by atoms with van der Waals surface area (Å²) in [5.41, 5.74) is 1.89. The van der Waals surface area contributed by atoms with Crippen LogP contribution in [0.1, 0.15) is 36.0 Å². The molecule has 9 heteroatoms. The second-order valence-corrected chi connectivity index (χ2v) is 9.75. The lowest BCUT2D eigenvalue weighted by Gasteiger charge is -2.37. The SMILES string of the molecule is CN(C)c1nc(N[C@H]2CC[C@@H](N(C(=O)c3cccc([N+](=O)[O-])c3)c3ccccc3)CC2)nc2ccccc12. The van der Waals surface area contributed by atoms with Gasteiger partial charge in [0.25, 0.3) is 11.6 Å². The number of carbonyl (C=O) groups excluding carboxylic acids is 1. The molecule has 38 heavy (non-hydrogen) atoms. The minimum absolute atomic E-state index is 0.0305. The van der Waals surface area contributed by atoms with Crippen molar-refractivity contribution in [2.45, 2.75) is 37.8 Å². The monoisotopic (exact) mass is 510 g/mol. The summed E-state index contributed by atoms with van der Waals surface area (Å²) in [6, 6.07) is 23.6. The number of amides is 1. The Labute approximate surface area is 221 Å². The van der Waals surface area contributed by atoms with Gasteiger partial charge in [0.15, 0.2) is 0 Å². The van der Waals surface area contributed by atoms with E-state index in [9.17, 15) is 14.9 Å². The van der Waals surface area contributed by atoms with E-state index in [1.807, 2.05) is 73.6 Å². The van der Waals surface area contributed by atoms with E-state index in [0.29, 0.717) is 11.5 Å². The minimum Gasteiger partial charge on any atom is -0.362 e. The third-order valence-corrected chi connectivity index (χ3v) is 6.96. The molecule has 0 unspecified atom stereocenters. The van der Waals surface area contributed by atoms with Crippen LogP contribution in [0.15, 0.2) is 78.9 Å². The van der Waals surface area contributed by atoms with Crippen LogP contribution >= 0.6 is 0 Å². The highest BCUT2D eigenvalue weighted by Crippen LogP contribution is 2.31. The van der Waals surface area contributed by atoms with Crippen molar-refractivity contribution in [2.24, 2.45) is 0 Å². The van der Waals surface area contributed by atoms with Gasteiger partial charge >= 0.3 is 0 Å². The number of nitro groups is 1. The van der Waals surface area contributed by atoms with Gasteiger partial charge in [-0.1, -0.05) is 36.4 Å². The van der Waals surface area contributed by atoms with Gasteiger partial charge in [0.2, 0.25) is 5.95 Å². The first-order valence-electron chi connectivity index (χ1n) is 12.7. The number of rotatable bonds is 7. The molecule has 1 saturated carbocycles. The van der Waals surface area contributed by atoms with Crippen LogP contribution in [-0.4, -0.2) is 47.0 Å². The molecule has 0 aliphatic heterocycles. The number of aromatic nitrogens is 2. The molecule has 1 heterocycles. The van der Waals surface area contributed by atoms with Crippen molar-refractivity contribution in [1.82, 2.24) is 9.97 Å². The second-order valence-electron chi connectivity index (χ2n) is 9.75. The Morgan fingerprint density at radius 1 is 0.921 bits per heavy atom. The number of anilines is 3. The van der Waals surface area contributed by atoms with Crippen LogP contribution in [0.4, 0.5) is 23.1 Å². The summed E-state index contributed by atoms with van der Waals surface area (Å²) in [5.74, 6) is 1.23. The first-order chi connectivity index (χ1) is 18.4. The van der Waals surface area contributed by atoms with E-state index >= 15 is 0 Å². The molecule has 5 rings (SSSR count). The summed E-state index contributed by atoms with van der Waals surface area (Å²) in [6.45, 7) is 0. The Bertz CT molecular complexity index is 1450. The molecular weight excluding hydrogens is 480 g/mol. The van der Waals surface area contributed by atoms with Gasteiger partial charge in [-0.3, -0.25) is 14.9 Å². The lowest BCUT2D eigenvalue weighted by Crippen LogP contribution is -2.44. The topological polar surface area (TPSA) is 105 Å². The van der Waals surface area contributed by atoms with Gasteiger partial charge < -0.3 is 15.1 Å². The van der Waals surface area contributed by atoms with Gasteiger partial charge in [0, 0.05) is 54.9 Å². The third-order valence-electron chi connectivity index (χ3n) is 6.96. The fourth-order valence-electron chi connectivity index (χ4n) is 5.10. The highest BCUT2D eigenvalue weighted by molar-refractivity contribution is 6.06. The number of para-hydroxylation sites is 2. The van der Waals surface area contributed by atoms with Gasteiger partial charge in [0.1, 0.15) is 5.82 Å². The molecule has 1 N–H and O–H groups in total. The van der Waals surface area contributed by atoms with E-state index in [1.54, 1.807) is 17.0 Å². The summed E-state index contributed by atoms with van der Waals surface area (Å²) in [4.78, 5) is 37.8. The second kappa shape index (κ2) is 10.8. The lowest BCUT2D eigenvalue weighted by atomic mass is 9.89. The fraction of sp³-hybridized carbons (Fsp3) is 0.276. The van der Waals surface area contributed by atoms with Gasteiger partial charge in [0.05, 0.1) is 10.4 Å². The Balaban J connectivity index is 1.35. The summed E-state index contributed by atoms with van der Waals surface area (Å²) in [6.07, 6.45) is 3.23. The van der Waals surface area contributed by atoms with Crippen LogP contribution in [0.3, 0.4) is 0 Å². The van der Waals surface area contributed by atoms with Crippen LogP contribution in [0.25, 0.3) is 10.9 Å². The number of nitrogens with one attached hydrogen (secondary N) is 1. The largest absolute Gasteiger partial charge is 0.362 e. The molecule has 9 nitrogen and oxygen atoms in total. The predicted molar refractivity (Wildman–Crippen MR) is 150 cm³/mol. The van der Waals surface area contributed by atoms with Crippen LogP contribution in [0.2, 0.25) is 0 Å². The minimum atomic E-state index is -0.475. The molecule has 1 aliphatic carbocycles. The average molecular weight is 511 g/mol. The number of nitro benzene ring substituents is 1. The van der Waals surface area contributed by atoms with Gasteiger partial charge in [-0.05, 0) is 56.0 Å². The molecule has 0 spiro atoms. The van der Waals surface area contributed by atoms with Crippen molar-refractivity contribution in [3.63, 3.8) is 0 Å². The highest BCUT2D eigenvalue weighted by atomic mass is 16.6. The maximum Gasteiger partial charge on any atom is 0.270 e. The van der Waals surface area contributed by atoms with Crippen LogP contribution in [0, 0.1) is 10.1 Å². The maximum atomic E-state index is 13.7. The van der Waals surface area contributed by atoms with Gasteiger partial charge in [-0.15, -0.1) is 0 Å². The zero-order valence-electron chi connectivity index (χ0n) is 21.4. The number of nitrogens with zero attached hydrogens (tertiary/aromatic N) is 5. The van der Waals surface area contributed by atoms with Crippen LogP contribution in [-0.2, 0) is 0 Å². The zero-order valence-corrected chi connectivity index (χ0v) is 21.4. The van der Waals surface area contributed by atoms with Gasteiger partial charge in [-0.2, -0.15) is 4.98 Å². The van der Waals surface area contributed by atoms with Crippen LogP contribution in [0.5, 0.6) is 0 Å². The fourth-order valence-corrected chi connectivity index (χ4v) is 5.10. The Morgan fingerprint density at radius 2 is 1.63 bits per heavy atom. The third kappa shape index (κ3) is 5.27. The maximum absolute atomic E-state index is 13.7. The van der Waals surface area contributed by atoms with Crippen LogP contribution < -0.4 is 15.1 Å². The standard InChI is InChI=1S/C29H30N6O3/c1-33(2)27-25-13-6-7-14-26(25)31-29(32-27)30-21-15-17-23(18-16-21)34(22-10-4-3-5-11-22)28(36)20-9-8-12-24(19-20)35(37)38/h3-14,19,21,23H,15-18H2,1-2H3,(H,30,31,32)/t21-,23+. The number of hydrogen-bond donors (Lipinski definition) is 1. The predicted octanol–water partition coefficient (Wildman–Crippen LogP) is 5.67. The quantitative estimate of drug-likeness (QED) is 0.252. The van der Waals surface area contributed by atoms with Crippen molar-refractivity contribution in [2.75, 3.05) is 29.2 Å². The van der Waals surface area contributed by atoms with Crippen molar-refractivity contribution in [3.05, 3.63) is 94.5 Å². The van der Waals surface area contributed by atoms with Crippen molar-refractivity contribution in [1.29, 1.82) is 0 Å². The molecule has 1 fully saturated rings. The molecule has 1 amide bonds. The molecule has 3 aromatic carbocycles. The summed E-state index contributed by atoms with van der Waals surface area (Å²) in [5, 5.41) is 15.8. The average Bonchev–Trinajstić information content (AvgIpc) is 2.94. The molecule has 0 radical (unpaired) electrons. The van der Waals surface area contributed by atoms with E-state index in [4.69, 9.17) is 9.97 Å². The van der Waals surface area contributed by atoms with Crippen molar-refractivity contribution >= 4 is 40.0 Å². The number of non-ortho nitro benzene ring substituents is 1. The zero-order chi connectivity index (χ0) is 26.6. The summed E-state index contributed by atoms with van der Waals surface area (Å²) in [7, 11) is 3.95. The molecule has 194 valence electrons. The lowest BCUT2D eigenvalue weighted by molar-refractivity contribution is -0.384. The molecular formula is C29H30N6O3. The number of carbonyl (C=O) groups is 1. The Morgan fingerprint density at radius 3 is 2.34 bits per heavy atom. The van der Waals surface area contributed by atoms with E-state index < -0.39 is 4.92 Å². The number of hydrogen-bond acceptors (Lipinski definition) is 7. The summed E-state index contributed by atoms with van der Waals surface area (Å²) < 4.78 is 0. The molecule has 0 bridgehead atoms. The number of fused-ring (bicyclic) bond motifs is 1. The molecule has 1 aliphatic rings. The summed E-state index contributed by atoms with van der Waals surface area (Å²) >= 11 is 0. The van der Waals surface area contributed by atoms with Crippen molar-refractivity contribution in [3.8, 4) is 0 Å². The number of benzene rings is 3. The van der Waals surface area contributed by atoms with E-state index in [1.165, 1.54) is 12.1 Å². The molecule has 0 saturated heterocycles. The van der Waals surface area contributed by atoms with E-state index in [-0.39, 0.29) is 23.7 Å². The normalized spacial score (nSPS) is 17.1. The highest BCUT2D eigenvalue weighted by Gasteiger charge is 2.31. The van der Waals surface area contributed by atoms with Gasteiger partial charge in [-0.25, -0.2) is 4.98 Å². The smallest absolute Gasteiger partial charge is 0.270 e. The Hall–Kier alpha value is -4.53. The molecule has 0 atom stereocenters. The molecule has 1 aromatic heterocycles. The Kier molecular flexibility index (Phi) is 7.17.